The van der Waals surface area contributed by atoms with Crippen LogP contribution in [-0.4, -0.2) is 51.3 Å². The van der Waals surface area contributed by atoms with Crippen molar-refractivity contribution < 1.29 is 19.1 Å². The van der Waals surface area contributed by atoms with Crippen LogP contribution in [0.4, 0.5) is 4.79 Å². The summed E-state index contributed by atoms with van der Waals surface area (Å²) >= 11 is 1.17. The Balaban J connectivity index is 1.77. The highest BCUT2D eigenvalue weighted by Gasteiger charge is 2.36. The molecule has 4 rings (SSSR count). The molecule has 2 unspecified atom stereocenters. The monoisotopic (exact) mass is 491 g/mol. The number of rotatable bonds is 8. The highest BCUT2D eigenvalue weighted by Crippen LogP contribution is 2.35. The van der Waals surface area contributed by atoms with Gasteiger partial charge in [0, 0.05) is 18.0 Å². The van der Waals surface area contributed by atoms with Crippen LogP contribution in [0, 0.1) is 0 Å². The fraction of sp³-hybridized carbons (Fsp3) is 0.240. The summed E-state index contributed by atoms with van der Waals surface area (Å²) in [4.78, 5) is 34.2. The van der Waals surface area contributed by atoms with Crippen LogP contribution < -0.4 is 14.8 Å². The Kier molecular flexibility index (Phi) is 7.61. The minimum Gasteiger partial charge on any atom is -0.493 e. The van der Waals surface area contributed by atoms with E-state index >= 15 is 0 Å². The lowest BCUT2D eigenvalue weighted by Gasteiger charge is -2.34. The molecule has 180 valence electrons. The van der Waals surface area contributed by atoms with Gasteiger partial charge in [-0.1, -0.05) is 49.0 Å². The average Bonchev–Trinajstić information content (AvgIpc) is 2.92. The molecule has 1 aliphatic rings. The summed E-state index contributed by atoms with van der Waals surface area (Å²) in [6, 6.07) is 14.7. The largest absolute Gasteiger partial charge is 0.493 e. The molecule has 0 spiro atoms. The highest BCUT2D eigenvalue weighted by atomic mass is 32.2. The van der Waals surface area contributed by atoms with E-state index in [1.165, 1.54) is 35.4 Å². The Hall–Kier alpha value is -3.92. The predicted octanol–water partition coefficient (Wildman–Crippen LogP) is 4.27. The van der Waals surface area contributed by atoms with Crippen LogP contribution in [0.1, 0.15) is 41.1 Å². The molecular weight excluding hydrogens is 466 g/mol. The van der Waals surface area contributed by atoms with E-state index in [-0.39, 0.29) is 16.2 Å². The molecule has 9 nitrogen and oxygen atoms in total. The molecule has 0 saturated carbocycles. The topological polar surface area (TPSA) is 106 Å². The second-order valence-corrected chi connectivity index (χ2v) is 8.71. The normalized spacial score (nSPS) is 16.3. The van der Waals surface area contributed by atoms with Gasteiger partial charge in [-0.2, -0.15) is 10.1 Å². The van der Waals surface area contributed by atoms with Crippen molar-refractivity contribution in [1.82, 2.24) is 20.3 Å². The maximum atomic E-state index is 13.3. The number of methoxy groups -OCH3 is 2. The first-order valence-electron chi connectivity index (χ1n) is 11.0. The number of hydrogen-bond acceptors (Lipinski definition) is 8. The maximum absolute atomic E-state index is 13.3. The molecule has 2 aromatic carbocycles. The van der Waals surface area contributed by atoms with E-state index in [9.17, 15) is 9.59 Å². The van der Waals surface area contributed by atoms with E-state index in [4.69, 9.17) is 14.6 Å². The number of thioether (sulfide) groups is 1. The second kappa shape index (κ2) is 11.0. The lowest BCUT2D eigenvalue weighted by atomic mass is 10.0. The van der Waals surface area contributed by atoms with Crippen molar-refractivity contribution in [2.75, 3.05) is 14.2 Å². The number of hydrazone groups is 1. The molecule has 1 aliphatic heterocycles. The molecular formula is C25H25N5O4S. The average molecular weight is 492 g/mol. The first-order valence-corrected chi connectivity index (χ1v) is 11.9. The fourth-order valence-electron chi connectivity index (χ4n) is 3.67. The van der Waals surface area contributed by atoms with Gasteiger partial charge in [-0.05, 0) is 30.2 Å². The van der Waals surface area contributed by atoms with Crippen molar-refractivity contribution in [3.05, 3.63) is 83.9 Å². The van der Waals surface area contributed by atoms with Crippen LogP contribution in [0.5, 0.6) is 11.5 Å². The molecule has 2 amide bonds. The van der Waals surface area contributed by atoms with Crippen LogP contribution in [0.15, 0.2) is 72.2 Å². The van der Waals surface area contributed by atoms with Crippen molar-refractivity contribution in [2.45, 2.75) is 24.8 Å². The first-order chi connectivity index (χ1) is 17.0. The molecule has 10 heteroatoms. The third kappa shape index (κ3) is 5.27. The highest BCUT2D eigenvalue weighted by molar-refractivity contribution is 8.14. The zero-order valence-electron chi connectivity index (χ0n) is 19.5. The van der Waals surface area contributed by atoms with E-state index < -0.39 is 12.1 Å². The van der Waals surface area contributed by atoms with Crippen LogP contribution in [-0.2, 0) is 0 Å². The Bertz CT molecular complexity index is 1220. The van der Waals surface area contributed by atoms with Gasteiger partial charge in [0.25, 0.3) is 5.91 Å². The summed E-state index contributed by atoms with van der Waals surface area (Å²) in [6.45, 7) is 2.00. The van der Waals surface area contributed by atoms with Crippen LogP contribution in [0.2, 0.25) is 0 Å². The second-order valence-electron chi connectivity index (χ2n) is 7.56. The van der Waals surface area contributed by atoms with Crippen molar-refractivity contribution in [1.29, 1.82) is 0 Å². The number of amides is 2. The number of nitrogens with one attached hydrogen (secondary N) is 1. The molecule has 0 saturated heterocycles. The number of benzene rings is 2. The first kappa shape index (κ1) is 24.2. The molecule has 1 aromatic heterocycles. The summed E-state index contributed by atoms with van der Waals surface area (Å²) in [5.41, 5.74) is 2.34. The molecule has 2 atom stereocenters. The Labute approximate surface area is 207 Å². The zero-order valence-corrected chi connectivity index (χ0v) is 20.4. The van der Waals surface area contributed by atoms with Gasteiger partial charge < -0.3 is 14.8 Å². The minimum absolute atomic E-state index is 0.140. The van der Waals surface area contributed by atoms with Crippen LogP contribution in [0.3, 0.4) is 0 Å². The number of nitrogens with zero attached hydrogens (tertiary/aromatic N) is 4. The van der Waals surface area contributed by atoms with E-state index in [0.29, 0.717) is 29.2 Å². The summed E-state index contributed by atoms with van der Waals surface area (Å²) in [7, 11) is 3.14. The molecule has 0 fully saturated rings. The number of carbonyl (C=O) groups excluding carboxylic acids is 2. The SMILES string of the molecule is CCC1SC(=O)N(C(NC(=O)c2cnccn2)c2ccccc2)N=C1c1ccc(OC)c(OC)c1. The molecule has 3 aromatic rings. The van der Waals surface area contributed by atoms with Crippen molar-refractivity contribution >= 4 is 28.6 Å². The molecule has 0 radical (unpaired) electrons. The van der Waals surface area contributed by atoms with Crippen molar-refractivity contribution in [2.24, 2.45) is 5.10 Å². The molecule has 0 bridgehead atoms. The van der Waals surface area contributed by atoms with E-state index in [1.54, 1.807) is 20.3 Å². The standard InChI is InChI=1S/C25H25N5O4S/c1-4-21-22(17-10-11-19(33-2)20(14-17)34-3)29-30(25(32)35-21)23(16-8-6-5-7-9-16)28-24(31)18-15-26-12-13-27-18/h5-15,21,23H,4H2,1-3H3,(H,28,31). The fourth-order valence-corrected chi connectivity index (χ4v) is 4.63. The van der Waals surface area contributed by atoms with E-state index in [1.807, 2.05) is 49.4 Å². The van der Waals surface area contributed by atoms with Gasteiger partial charge in [-0.25, -0.2) is 4.98 Å². The molecule has 1 N–H and O–H groups in total. The Morgan fingerprint density at radius 3 is 2.54 bits per heavy atom. The van der Waals surface area contributed by atoms with Gasteiger partial charge >= 0.3 is 5.24 Å². The van der Waals surface area contributed by atoms with E-state index in [2.05, 4.69) is 15.3 Å². The molecule has 35 heavy (non-hydrogen) atoms. The molecule has 2 heterocycles. The zero-order chi connectivity index (χ0) is 24.8. The van der Waals surface area contributed by atoms with Crippen LogP contribution in [0.25, 0.3) is 0 Å². The summed E-state index contributed by atoms with van der Waals surface area (Å²) in [5.74, 6) is 0.691. The summed E-state index contributed by atoms with van der Waals surface area (Å²) in [6.07, 6.45) is 4.14. The number of hydrogen-bond donors (Lipinski definition) is 1. The van der Waals surface area contributed by atoms with Crippen molar-refractivity contribution in [3.8, 4) is 11.5 Å². The van der Waals surface area contributed by atoms with Gasteiger partial charge in [0.1, 0.15) is 5.69 Å². The van der Waals surface area contributed by atoms with Gasteiger partial charge in [0.2, 0.25) is 0 Å². The lowest BCUT2D eigenvalue weighted by molar-refractivity contribution is 0.0882. The van der Waals surface area contributed by atoms with Gasteiger partial charge in [-0.15, -0.1) is 0 Å². The van der Waals surface area contributed by atoms with Gasteiger partial charge in [0.05, 0.1) is 31.4 Å². The quantitative estimate of drug-likeness (QED) is 0.501. The Morgan fingerprint density at radius 1 is 1.11 bits per heavy atom. The number of aromatic nitrogens is 2. The predicted molar refractivity (Wildman–Crippen MR) is 134 cm³/mol. The number of ether oxygens (including phenoxy) is 2. The summed E-state index contributed by atoms with van der Waals surface area (Å²) < 4.78 is 10.8. The summed E-state index contributed by atoms with van der Waals surface area (Å²) in [5, 5.41) is 8.55. The third-order valence-electron chi connectivity index (χ3n) is 5.42. The Morgan fingerprint density at radius 2 is 1.89 bits per heavy atom. The maximum Gasteiger partial charge on any atom is 0.304 e. The van der Waals surface area contributed by atoms with Gasteiger partial charge in [-0.3, -0.25) is 14.6 Å². The van der Waals surface area contributed by atoms with Gasteiger partial charge in [0.15, 0.2) is 17.7 Å². The van der Waals surface area contributed by atoms with Crippen molar-refractivity contribution in [3.63, 3.8) is 0 Å². The minimum atomic E-state index is -0.848. The smallest absolute Gasteiger partial charge is 0.304 e. The van der Waals surface area contributed by atoms with E-state index in [0.717, 1.165) is 5.56 Å². The molecule has 0 aliphatic carbocycles. The lowest BCUT2D eigenvalue weighted by Crippen LogP contribution is -2.44. The number of carbonyl (C=O) groups is 2. The van der Waals surface area contributed by atoms with Crippen LogP contribution >= 0.6 is 11.8 Å². The third-order valence-corrected chi connectivity index (χ3v) is 6.65.